The SMILES string of the molecule is CSC1(CNCC(N)=O)CCC1. The van der Waals surface area contributed by atoms with Gasteiger partial charge >= 0.3 is 0 Å². The molecular weight excluding hydrogens is 172 g/mol. The van der Waals surface area contributed by atoms with Crippen molar-refractivity contribution < 1.29 is 4.79 Å². The molecule has 0 unspecified atom stereocenters. The predicted octanol–water partition coefficient (Wildman–Crippen LogP) is 0.347. The van der Waals surface area contributed by atoms with Gasteiger partial charge in [0.2, 0.25) is 5.91 Å². The Morgan fingerprint density at radius 1 is 1.67 bits per heavy atom. The van der Waals surface area contributed by atoms with E-state index < -0.39 is 0 Å². The van der Waals surface area contributed by atoms with E-state index in [1.165, 1.54) is 19.3 Å². The van der Waals surface area contributed by atoms with Gasteiger partial charge in [0.1, 0.15) is 0 Å². The molecule has 3 N–H and O–H groups in total. The first-order valence-corrected chi connectivity index (χ1v) is 5.45. The van der Waals surface area contributed by atoms with E-state index in [-0.39, 0.29) is 5.91 Å². The number of nitrogens with one attached hydrogen (secondary N) is 1. The topological polar surface area (TPSA) is 55.1 Å². The lowest BCUT2D eigenvalue weighted by Crippen LogP contribution is -2.45. The predicted molar refractivity (Wildman–Crippen MR) is 52.2 cm³/mol. The normalized spacial score (nSPS) is 20.1. The average Bonchev–Trinajstić information content (AvgIpc) is 1.94. The second-order valence-corrected chi connectivity index (χ2v) is 4.58. The molecule has 0 aromatic heterocycles. The van der Waals surface area contributed by atoms with Crippen LogP contribution < -0.4 is 11.1 Å². The third-order valence-electron chi connectivity index (χ3n) is 2.44. The van der Waals surface area contributed by atoms with Crippen molar-refractivity contribution in [3.05, 3.63) is 0 Å². The summed E-state index contributed by atoms with van der Waals surface area (Å²) in [7, 11) is 0. The van der Waals surface area contributed by atoms with Crippen molar-refractivity contribution in [3.8, 4) is 0 Å². The lowest BCUT2D eigenvalue weighted by molar-refractivity contribution is -0.117. The number of carbonyl (C=O) groups excluding carboxylic acids is 1. The van der Waals surface area contributed by atoms with Crippen LogP contribution in [0, 0.1) is 0 Å². The van der Waals surface area contributed by atoms with Crippen LogP contribution in [0.15, 0.2) is 0 Å². The van der Waals surface area contributed by atoms with Crippen LogP contribution in [0.1, 0.15) is 19.3 Å². The van der Waals surface area contributed by atoms with Crippen LogP contribution in [-0.2, 0) is 4.79 Å². The third-order valence-corrected chi connectivity index (χ3v) is 3.86. The van der Waals surface area contributed by atoms with Crippen LogP contribution in [0.25, 0.3) is 0 Å². The summed E-state index contributed by atoms with van der Waals surface area (Å²) in [5, 5.41) is 3.08. The third kappa shape index (κ3) is 2.38. The van der Waals surface area contributed by atoms with Gasteiger partial charge in [-0.3, -0.25) is 4.79 Å². The highest BCUT2D eigenvalue weighted by molar-refractivity contribution is 8.00. The summed E-state index contributed by atoms with van der Waals surface area (Å²) in [5.74, 6) is -0.273. The van der Waals surface area contributed by atoms with Crippen molar-refractivity contribution in [2.45, 2.75) is 24.0 Å². The van der Waals surface area contributed by atoms with Crippen molar-refractivity contribution in [1.82, 2.24) is 5.32 Å². The fourth-order valence-corrected chi connectivity index (χ4v) is 2.38. The molecule has 0 radical (unpaired) electrons. The maximum absolute atomic E-state index is 10.4. The molecule has 1 saturated carbocycles. The molecule has 1 aliphatic carbocycles. The molecule has 0 saturated heterocycles. The van der Waals surface area contributed by atoms with Crippen LogP contribution in [-0.4, -0.2) is 30.0 Å². The minimum Gasteiger partial charge on any atom is -0.369 e. The summed E-state index contributed by atoms with van der Waals surface area (Å²) in [6, 6.07) is 0. The molecule has 12 heavy (non-hydrogen) atoms. The van der Waals surface area contributed by atoms with Crippen LogP contribution >= 0.6 is 11.8 Å². The van der Waals surface area contributed by atoms with Crippen LogP contribution in [0.4, 0.5) is 0 Å². The minimum absolute atomic E-state index is 0.273. The number of carbonyl (C=O) groups is 1. The van der Waals surface area contributed by atoms with Crippen LogP contribution in [0.2, 0.25) is 0 Å². The first-order valence-electron chi connectivity index (χ1n) is 4.23. The molecule has 0 atom stereocenters. The summed E-state index contributed by atoms with van der Waals surface area (Å²) >= 11 is 1.90. The molecule has 3 nitrogen and oxygen atoms in total. The van der Waals surface area contributed by atoms with Gasteiger partial charge in [0.25, 0.3) is 0 Å². The molecule has 1 fully saturated rings. The van der Waals surface area contributed by atoms with Gasteiger partial charge in [0, 0.05) is 11.3 Å². The maximum atomic E-state index is 10.4. The first-order chi connectivity index (χ1) is 5.68. The van der Waals surface area contributed by atoms with Gasteiger partial charge in [-0.05, 0) is 19.1 Å². The first kappa shape index (κ1) is 9.86. The van der Waals surface area contributed by atoms with E-state index in [1.807, 2.05) is 11.8 Å². The van der Waals surface area contributed by atoms with Crippen molar-refractivity contribution >= 4 is 17.7 Å². The summed E-state index contributed by atoms with van der Waals surface area (Å²) < 4.78 is 0.398. The number of thioether (sulfide) groups is 1. The van der Waals surface area contributed by atoms with Crippen molar-refractivity contribution in [1.29, 1.82) is 0 Å². The molecule has 1 aliphatic rings. The van der Waals surface area contributed by atoms with E-state index in [1.54, 1.807) is 0 Å². The molecule has 0 aromatic carbocycles. The van der Waals surface area contributed by atoms with Gasteiger partial charge < -0.3 is 11.1 Å². The van der Waals surface area contributed by atoms with Crippen molar-refractivity contribution in [2.75, 3.05) is 19.3 Å². The Kier molecular flexibility index (Phi) is 3.40. The zero-order chi connectivity index (χ0) is 9.03. The summed E-state index contributed by atoms with van der Waals surface area (Å²) in [6.45, 7) is 1.22. The molecule has 0 bridgehead atoms. The van der Waals surface area contributed by atoms with E-state index in [4.69, 9.17) is 5.73 Å². The second kappa shape index (κ2) is 4.14. The highest BCUT2D eigenvalue weighted by Gasteiger charge is 2.35. The van der Waals surface area contributed by atoms with E-state index in [9.17, 15) is 4.79 Å². The summed E-state index contributed by atoms with van der Waals surface area (Å²) in [5.41, 5.74) is 5.01. The second-order valence-electron chi connectivity index (χ2n) is 3.31. The van der Waals surface area contributed by atoms with Gasteiger partial charge in [-0.15, -0.1) is 0 Å². The van der Waals surface area contributed by atoms with Gasteiger partial charge in [0.15, 0.2) is 0 Å². The Bertz CT molecular complexity index is 163. The molecule has 0 aromatic rings. The molecule has 0 spiro atoms. The zero-order valence-corrected chi connectivity index (χ0v) is 8.25. The number of amides is 1. The fraction of sp³-hybridized carbons (Fsp3) is 0.875. The molecule has 1 amide bonds. The Morgan fingerprint density at radius 2 is 2.33 bits per heavy atom. The van der Waals surface area contributed by atoms with Gasteiger partial charge in [0.05, 0.1) is 6.54 Å². The highest BCUT2D eigenvalue weighted by Crippen LogP contribution is 2.41. The number of hydrogen-bond acceptors (Lipinski definition) is 3. The zero-order valence-electron chi connectivity index (χ0n) is 7.43. The van der Waals surface area contributed by atoms with Gasteiger partial charge in [-0.2, -0.15) is 11.8 Å². The number of nitrogens with two attached hydrogens (primary N) is 1. The number of rotatable bonds is 5. The quantitative estimate of drug-likeness (QED) is 0.654. The summed E-state index contributed by atoms with van der Waals surface area (Å²) in [4.78, 5) is 10.4. The van der Waals surface area contributed by atoms with Crippen LogP contribution in [0.3, 0.4) is 0 Å². The van der Waals surface area contributed by atoms with Gasteiger partial charge in [-0.25, -0.2) is 0 Å². The van der Waals surface area contributed by atoms with E-state index in [0.717, 1.165) is 6.54 Å². The average molecular weight is 188 g/mol. The lowest BCUT2D eigenvalue weighted by atomic mass is 9.84. The molecule has 70 valence electrons. The number of hydrogen-bond donors (Lipinski definition) is 2. The van der Waals surface area contributed by atoms with Crippen LogP contribution in [0.5, 0.6) is 0 Å². The molecule has 0 heterocycles. The number of primary amides is 1. The monoisotopic (exact) mass is 188 g/mol. The molecule has 1 rings (SSSR count). The minimum atomic E-state index is -0.273. The summed E-state index contributed by atoms with van der Waals surface area (Å²) in [6.07, 6.45) is 5.98. The molecule has 0 aliphatic heterocycles. The lowest BCUT2D eigenvalue weighted by Gasteiger charge is -2.40. The Labute approximate surface area is 77.5 Å². The Hall–Kier alpha value is -0.220. The Balaban J connectivity index is 2.16. The molecule has 4 heteroatoms. The van der Waals surface area contributed by atoms with Crippen molar-refractivity contribution in [3.63, 3.8) is 0 Å². The Morgan fingerprint density at radius 3 is 2.67 bits per heavy atom. The standard InChI is InChI=1S/C8H16N2OS/c1-12-8(3-2-4-8)6-10-5-7(9)11/h10H,2-6H2,1H3,(H2,9,11). The van der Waals surface area contributed by atoms with Crippen molar-refractivity contribution in [2.24, 2.45) is 5.73 Å². The fourth-order valence-electron chi connectivity index (χ4n) is 1.44. The maximum Gasteiger partial charge on any atom is 0.231 e. The smallest absolute Gasteiger partial charge is 0.231 e. The van der Waals surface area contributed by atoms with E-state index >= 15 is 0 Å². The highest BCUT2D eigenvalue weighted by atomic mass is 32.2. The van der Waals surface area contributed by atoms with Gasteiger partial charge in [-0.1, -0.05) is 6.42 Å². The van der Waals surface area contributed by atoms with E-state index in [0.29, 0.717) is 11.3 Å². The molecular formula is C8H16N2OS. The largest absolute Gasteiger partial charge is 0.369 e. The van der Waals surface area contributed by atoms with E-state index in [2.05, 4.69) is 11.6 Å².